The molecule has 0 aliphatic carbocycles. The number of nitrogens with one attached hydrogen (secondary N) is 1. The van der Waals surface area contributed by atoms with Gasteiger partial charge in [-0.25, -0.2) is 0 Å². The second-order valence-corrected chi connectivity index (χ2v) is 6.01. The average Bonchev–Trinajstić information content (AvgIpc) is 2.48. The third-order valence-electron chi connectivity index (χ3n) is 2.83. The van der Waals surface area contributed by atoms with Gasteiger partial charge in [0, 0.05) is 20.9 Å². The Kier molecular flexibility index (Phi) is 6.02. The maximum absolute atomic E-state index is 12.3. The molecule has 2 rings (SSSR count). The summed E-state index contributed by atoms with van der Waals surface area (Å²) in [6.45, 7) is 3.15. The van der Waals surface area contributed by atoms with E-state index in [9.17, 15) is 4.79 Å². The number of rotatable bonds is 5. The molecule has 0 fully saturated rings. The van der Waals surface area contributed by atoms with Gasteiger partial charge in [-0.1, -0.05) is 23.7 Å². The number of amides is 1. The van der Waals surface area contributed by atoms with E-state index >= 15 is 0 Å². The first kappa shape index (κ1) is 16.3. The van der Waals surface area contributed by atoms with Crippen molar-refractivity contribution in [2.24, 2.45) is 0 Å². The summed E-state index contributed by atoms with van der Waals surface area (Å²) >= 11 is 8.07. The highest BCUT2D eigenvalue weighted by Crippen LogP contribution is 2.20. The summed E-state index contributed by atoms with van der Waals surface area (Å²) in [4.78, 5) is 12.3. The molecule has 1 N–H and O–H groups in total. The van der Waals surface area contributed by atoms with Crippen LogP contribution in [0.2, 0.25) is 5.02 Å². The molecule has 2 aromatic rings. The van der Waals surface area contributed by atoms with E-state index in [-0.39, 0.29) is 5.91 Å². The van der Waals surface area contributed by atoms with Crippen LogP contribution < -0.4 is 5.32 Å². The molecular weight excluding hydrogens is 401 g/mol. The van der Waals surface area contributed by atoms with Crippen molar-refractivity contribution >= 4 is 45.8 Å². The predicted octanol–water partition coefficient (Wildman–Crippen LogP) is 4.73. The maximum Gasteiger partial charge on any atom is 0.256 e. The molecule has 0 saturated heterocycles. The molecule has 2 aromatic carbocycles. The van der Waals surface area contributed by atoms with Gasteiger partial charge in [-0.15, -0.1) is 0 Å². The number of benzene rings is 2. The van der Waals surface area contributed by atoms with Crippen LogP contribution in [0.5, 0.6) is 0 Å². The van der Waals surface area contributed by atoms with Crippen LogP contribution >= 0.6 is 34.2 Å². The summed E-state index contributed by atoms with van der Waals surface area (Å²) < 4.78 is 6.23. The highest BCUT2D eigenvalue weighted by Gasteiger charge is 2.11. The molecule has 5 heteroatoms. The summed E-state index contributed by atoms with van der Waals surface area (Å²) in [5, 5.41) is 3.43. The van der Waals surface area contributed by atoms with E-state index in [1.54, 1.807) is 12.1 Å². The van der Waals surface area contributed by atoms with Crippen molar-refractivity contribution in [3.63, 3.8) is 0 Å². The summed E-state index contributed by atoms with van der Waals surface area (Å²) in [6, 6.07) is 12.9. The van der Waals surface area contributed by atoms with Crippen LogP contribution in [-0.2, 0) is 11.3 Å². The second-order valence-electron chi connectivity index (χ2n) is 4.42. The molecule has 0 spiro atoms. The normalized spacial score (nSPS) is 10.4. The quantitative estimate of drug-likeness (QED) is 0.717. The molecule has 0 radical (unpaired) electrons. The first-order valence-corrected chi connectivity index (χ1v) is 7.99. The van der Waals surface area contributed by atoms with E-state index in [0.29, 0.717) is 23.8 Å². The van der Waals surface area contributed by atoms with Gasteiger partial charge in [-0.05, 0) is 65.4 Å². The van der Waals surface area contributed by atoms with Gasteiger partial charge in [-0.2, -0.15) is 0 Å². The van der Waals surface area contributed by atoms with Gasteiger partial charge < -0.3 is 10.1 Å². The van der Waals surface area contributed by atoms with Gasteiger partial charge in [0.15, 0.2) is 0 Å². The van der Waals surface area contributed by atoms with Gasteiger partial charge in [0.05, 0.1) is 12.2 Å². The predicted molar refractivity (Wildman–Crippen MR) is 93.9 cm³/mol. The Morgan fingerprint density at radius 1 is 1.29 bits per heavy atom. The van der Waals surface area contributed by atoms with Crippen LogP contribution in [-0.4, -0.2) is 12.5 Å². The van der Waals surface area contributed by atoms with Crippen molar-refractivity contribution in [3.05, 3.63) is 62.2 Å². The highest BCUT2D eigenvalue weighted by molar-refractivity contribution is 14.1. The SMILES string of the molecule is CCOCc1cccc(NC(=O)c2cc(Cl)ccc2I)c1. The largest absolute Gasteiger partial charge is 0.377 e. The van der Waals surface area contributed by atoms with E-state index in [2.05, 4.69) is 27.9 Å². The van der Waals surface area contributed by atoms with E-state index in [4.69, 9.17) is 16.3 Å². The molecule has 0 aliphatic rings. The van der Waals surface area contributed by atoms with E-state index in [0.717, 1.165) is 14.8 Å². The monoisotopic (exact) mass is 415 g/mol. The first-order chi connectivity index (χ1) is 10.1. The van der Waals surface area contributed by atoms with Crippen LogP contribution in [0.3, 0.4) is 0 Å². The number of carbonyl (C=O) groups excluding carboxylic acids is 1. The molecule has 0 aliphatic heterocycles. The lowest BCUT2D eigenvalue weighted by Gasteiger charge is -2.09. The lowest BCUT2D eigenvalue weighted by atomic mass is 10.2. The minimum absolute atomic E-state index is 0.171. The van der Waals surface area contributed by atoms with Crippen LogP contribution in [0, 0.1) is 3.57 Å². The number of carbonyl (C=O) groups is 1. The highest BCUT2D eigenvalue weighted by atomic mass is 127. The Hall–Kier alpha value is -1.11. The molecule has 0 bridgehead atoms. The minimum atomic E-state index is -0.171. The number of anilines is 1. The molecular formula is C16H15ClINO2. The molecule has 21 heavy (non-hydrogen) atoms. The fourth-order valence-corrected chi connectivity index (χ4v) is 2.58. The standard InChI is InChI=1S/C16H15ClINO2/c1-2-21-10-11-4-3-5-13(8-11)19-16(20)14-9-12(17)6-7-15(14)18/h3-9H,2,10H2,1H3,(H,19,20). The Balaban J connectivity index is 2.14. The summed E-state index contributed by atoms with van der Waals surface area (Å²) in [6.07, 6.45) is 0. The minimum Gasteiger partial charge on any atom is -0.377 e. The molecule has 0 unspecified atom stereocenters. The van der Waals surface area contributed by atoms with Crippen molar-refractivity contribution < 1.29 is 9.53 Å². The molecule has 3 nitrogen and oxygen atoms in total. The van der Waals surface area contributed by atoms with Gasteiger partial charge in [0.1, 0.15) is 0 Å². The van der Waals surface area contributed by atoms with E-state index < -0.39 is 0 Å². The Labute approximate surface area is 142 Å². The first-order valence-electron chi connectivity index (χ1n) is 6.53. The number of hydrogen-bond acceptors (Lipinski definition) is 2. The molecule has 0 saturated carbocycles. The average molecular weight is 416 g/mol. The fraction of sp³-hybridized carbons (Fsp3) is 0.188. The summed E-state index contributed by atoms with van der Waals surface area (Å²) in [7, 11) is 0. The summed E-state index contributed by atoms with van der Waals surface area (Å²) in [5.74, 6) is -0.171. The van der Waals surface area contributed by atoms with Crippen LogP contribution in [0.1, 0.15) is 22.8 Å². The van der Waals surface area contributed by atoms with Crippen LogP contribution in [0.25, 0.3) is 0 Å². The van der Waals surface area contributed by atoms with Gasteiger partial charge in [-0.3, -0.25) is 4.79 Å². The molecule has 1 amide bonds. The van der Waals surface area contributed by atoms with E-state index in [1.807, 2.05) is 37.3 Å². The zero-order valence-corrected chi connectivity index (χ0v) is 14.4. The van der Waals surface area contributed by atoms with Crippen molar-refractivity contribution in [2.75, 3.05) is 11.9 Å². The molecule has 110 valence electrons. The Morgan fingerprint density at radius 2 is 2.10 bits per heavy atom. The third-order valence-corrected chi connectivity index (χ3v) is 4.01. The Morgan fingerprint density at radius 3 is 2.86 bits per heavy atom. The van der Waals surface area contributed by atoms with Gasteiger partial charge in [0.25, 0.3) is 5.91 Å². The Bertz CT molecular complexity index is 646. The fourth-order valence-electron chi connectivity index (χ4n) is 1.83. The van der Waals surface area contributed by atoms with Gasteiger partial charge in [0.2, 0.25) is 0 Å². The van der Waals surface area contributed by atoms with E-state index in [1.165, 1.54) is 0 Å². The van der Waals surface area contributed by atoms with Gasteiger partial charge >= 0.3 is 0 Å². The molecule has 0 heterocycles. The smallest absolute Gasteiger partial charge is 0.256 e. The van der Waals surface area contributed by atoms with Crippen LogP contribution in [0.15, 0.2) is 42.5 Å². The lowest BCUT2D eigenvalue weighted by molar-refractivity contribution is 0.102. The molecule has 0 atom stereocenters. The van der Waals surface area contributed by atoms with Crippen molar-refractivity contribution in [3.8, 4) is 0 Å². The second kappa shape index (κ2) is 7.77. The molecule has 0 aromatic heterocycles. The van der Waals surface area contributed by atoms with Crippen LogP contribution in [0.4, 0.5) is 5.69 Å². The zero-order chi connectivity index (χ0) is 15.2. The number of ether oxygens (including phenoxy) is 1. The van der Waals surface area contributed by atoms with Crippen molar-refractivity contribution in [1.29, 1.82) is 0 Å². The topological polar surface area (TPSA) is 38.3 Å². The maximum atomic E-state index is 12.3. The number of hydrogen-bond donors (Lipinski definition) is 1. The summed E-state index contributed by atoms with van der Waals surface area (Å²) in [5.41, 5.74) is 2.33. The van der Waals surface area contributed by atoms with Crippen molar-refractivity contribution in [2.45, 2.75) is 13.5 Å². The van der Waals surface area contributed by atoms with Crippen molar-refractivity contribution in [1.82, 2.24) is 0 Å². The number of halogens is 2. The lowest BCUT2D eigenvalue weighted by Crippen LogP contribution is -2.13. The third kappa shape index (κ3) is 4.69. The zero-order valence-electron chi connectivity index (χ0n) is 11.5.